The van der Waals surface area contributed by atoms with Gasteiger partial charge in [0.15, 0.2) is 0 Å². The molecule has 118 valence electrons. The van der Waals surface area contributed by atoms with Crippen molar-refractivity contribution in [1.29, 1.82) is 0 Å². The van der Waals surface area contributed by atoms with Crippen molar-refractivity contribution in [3.8, 4) is 11.1 Å². The number of hydrogen-bond donors (Lipinski definition) is 0. The average molecular weight is 294 g/mol. The van der Waals surface area contributed by atoms with Crippen LogP contribution in [0.2, 0.25) is 0 Å². The number of rotatable bonds is 2. The van der Waals surface area contributed by atoms with E-state index in [1.54, 1.807) is 0 Å². The van der Waals surface area contributed by atoms with Crippen LogP contribution in [0.15, 0.2) is 42.5 Å². The van der Waals surface area contributed by atoms with E-state index in [-0.39, 0.29) is 10.8 Å². The topological polar surface area (TPSA) is 0 Å². The first-order valence-electron chi connectivity index (χ1n) is 8.37. The van der Waals surface area contributed by atoms with E-state index < -0.39 is 0 Å². The lowest BCUT2D eigenvalue weighted by atomic mass is 9.83. The Morgan fingerprint density at radius 2 is 1.18 bits per heavy atom. The average Bonchev–Trinajstić information content (AvgIpc) is 2.45. The monoisotopic (exact) mass is 294 g/mol. The lowest BCUT2D eigenvalue weighted by Crippen LogP contribution is -2.12. The molecule has 0 bridgehead atoms. The van der Waals surface area contributed by atoms with Crippen molar-refractivity contribution in [2.24, 2.45) is 0 Å². The quantitative estimate of drug-likeness (QED) is 0.592. The summed E-state index contributed by atoms with van der Waals surface area (Å²) in [5.74, 6) is 0. The summed E-state index contributed by atoms with van der Waals surface area (Å²) in [6.45, 7) is 15.9. The molecule has 0 fully saturated rings. The minimum absolute atomic E-state index is 0.207. The molecule has 2 rings (SSSR count). The highest BCUT2D eigenvalue weighted by Crippen LogP contribution is 2.31. The van der Waals surface area contributed by atoms with Crippen LogP contribution >= 0.6 is 0 Å². The van der Waals surface area contributed by atoms with E-state index in [9.17, 15) is 0 Å². The van der Waals surface area contributed by atoms with Gasteiger partial charge in [-0.2, -0.15) is 0 Å². The SMILES string of the molecule is CCc1cc(C(C)(C)C)ccc1-c1ccc(C(C)(C)C)cc1. The van der Waals surface area contributed by atoms with E-state index in [1.807, 2.05) is 0 Å². The summed E-state index contributed by atoms with van der Waals surface area (Å²) >= 11 is 0. The Labute approximate surface area is 136 Å². The zero-order valence-electron chi connectivity index (χ0n) is 15.2. The van der Waals surface area contributed by atoms with Gasteiger partial charge >= 0.3 is 0 Å². The first-order valence-corrected chi connectivity index (χ1v) is 8.37. The number of benzene rings is 2. The minimum atomic E-state index is 0.207. The second-order valence-electron chi connectivity index (χ2n) is 8.30. The Hall–Kier alpha value is -1.56. The maximum absolute atomic E-state index is 2.38. The molecule has 0 spiro atoms. The highest BCUT2D eigenvalue weighted by molar-refractivity contribution is 5.68. The van der Waals surface area contributed by atoms with E-state index in [1.165, 1.54) is 27.8 Å². The van der Waals surface area contributed by atoms with Crippen LogP contribution in [0.1, 0.15) is 65.2 Å². The van der Waals surface area contributed by atoms with Crippen LogP contribution in [0.3, 0.4) is 0 Å². The third-order valence-corrected chi connectivity index (χ3v) is 4.41. The summed E-state index contributed by atoms with van der Waals surface area (Å²) < 4.78 is 0. The molecule has 0 saturated carbocycles. The predicted molar refractivity (Wildman–Crippen MR) is 98.7 cm³/mol. The maximum atomic E-state index is 2.38. The highest BCUT2D eigenvalue weighted by atomic mass is 14.2. The van der Waals surface area contributed by atoms with Gasteiger partial charge in [0, 0.05) is 0 Å². The molecule has 0 heterocycles. The number of hydrogen-bond acceptors (Lipinski definition) is 0. The van der Waals surface area contributed by atoms with Crippen LogP contribution in [0.25, 0.3) is 11.1 Å². The molecule has 0 nitrogen and oxygen atoms in total. The summed E-state index contributed by atoms with van der Waals surface area (Å²) in [4.78, 5) is 0. The van der Waals surface area contributed by atoms with Crippen molar-refractivity contribution in [3.63, 3.8) is 0 Å². The summed E-state index contributed by atoms with van der Waals surface area (Å²) in [5.41, 5.74) is 7.36. The Morgan fingerprint density at radius 3 is 1.64 bits per heavy atom. The standard InChI is InChI=1S/C22H30/c1-8-16-15-19(22(5,6)7)13-14-20(16)17-9-11-18(12-10-17)21(2,3)4/h9-15H,8H2,1-7H3. The fourth-order valence-corrected chi connectivity index (χ4v) is 2.78. The molecule has 2 aromatic rings. The molecule has 0 aliphatic rings. The van der Waals surface area contributed by atoms with Crippen molar-refractivity contribution < 1.29 is 0 Å². The Bertz CT molecular complexity index is 631. The number of aryl methyl sites for hydroxylation is 1. The predicted octanol–water partition coefficient (Wildman–Crippen LogP) is 6.51. The van der Waals surface area contributed by atoms with Crippen LogP contribution in [-0.4, -0.2) is 0 Å². The van der Waals surface area contributed by atoms with Crippen molar-refractivity contribution in [2.45, 2.75) is 65.7 Å². The first-order chi connectivity index (χ1) is 10.1. The van der Waals surface area contributed by atoms with Gasteiger partial charge in [0.05, 0.1) is 0 Å². The van der Waals surface area contributed by atoms with E-state index in [0.717, 1.165) is 6.42 Å². The second kappa shape index (κ2) is 5.91. The Kier molecular flexibility index (Phi) is 4.52. The summed E-state index contributed by atoms with van der Waals surface area (Å²) in [6.07, 6.45) is 1.07. The van der Waals surface area contributed by atoms with Crippen molar-refractivity contribution in [3.05, 3.63) is 59.2 Å². The van der Waals surface area contributed by atoms with E-state index >= 15 is 0 Å². The molecule has 0 aliphatic heterocycles. The molecule has 2 aromatic carbocycles. The lowest BCUT2D eigenvalue weighted by molar-refractivity contribution is 0.589. The second-order valence-corrected chi connectivity index (χ2v) is 8.30. The molecule has 0 saturated heterocycles. The summed E-state index contributed by atoms with van der Waals surface area (Å²) in [7, 11) is 0. The van der Waals surface area contributed by atoms with Gasteiger partial charge in [-0.15, -0.1) is 0 Å². The lowest BCUT2D eigenvalue weighted by Gasteiger charge is -2.22. The van der Waals surface area contributed by atoms with Crippen LogP contribution in [0.4, 0.5) is 0 Å². The zero-order chi connectivity index (χ0) is 16.5. The van der Waals surface area contributed by atoms with Gasteiger partial charge in [-0.05, 0) is 45.1 Å². The maximum Gasteiger partial charge on any atom is -0.0132 e. The van der Waals surface area contributed by atoms with Gasteiger partial charge in [0.2, 0.25) is 0 Å². The molecule has 0 aliphatic carbocycles. The molecule has 0 aromatic heterocycles. The first kappa shape index (κ1) is 16.8. The normalized spacial score (nSPS) is 12.5. The molecular weight excluding hydrogens is 264 g/mol. The van der Waals surface area contributed by atoms with Crippen LogP contribution in [0, 0.1) is 0 Å². The van der Waals surface area contributed by atoms with Crippen LogP contribution in [0.5, 0.6) is 0 Å². The summed E-state index contributed by atoms with van der Waals surface area (Å²) in [5, 5.41) is 0. The molecule has 0 amide bonds. The highest BCUT2D eigenvalue weighted by Gasteiger charge is 2.16. The van der Waals surface area contributed by atoms with Gasteiger partial charge in [0.25, 0.3) is 0 Å². The third-order valence-electron chi connectivity index (χ3n) is 4.41. The van der Waals surface area contributed by atoms with Crippen LogP contribution in [-0.2, 0) is 17.3 Å². The molecule has 0 radical (unpaired) electrons. The Morgan fingerprint density at radius 1 is 0.682 bits per heavy atom. The summed E-state index contributed by atoms with van der Waals surface area (Å²) in [6, 6.07) is 16.0. The molecule has 0 N–H and O–H groups in total. The molecule has 0 heteroatoms. The minimum Gasteiger partial charge on any atom is -0.0613 e. The van der Waals surface area contributed by atoms with Crippen molar-refractivity contribution in [2.75, 3.05) is 0 Å². The fraction of sp³-hybridized carbons (Fsp3) is 0.455. The van der Waals surface area contributed by atoms with E-state index in [2.05, 4.69) is 90.9 Å². The molecular formula is C22H30. The van der Waals surface area contributed by atoms with Gasteiger partial charge in [-0.3, -0.25) is 0 Å². The zero-order valence-corrected chi connectivity index (χ0v) is 15.2. The third kappa shape index (κ3) is 3.61. The molecule has 22 heavy (non-hydrogen) atoms. The molecule has 0 atom stereocenters. The Balaban J connectivity index is 2.44. The van der Waals surface area contributed by atoms with Crippen LogP contribution < -0.4 is 0 Å². The van der Waals surface area contributed by atoms with E-state index in [4.69, 9.17) is 0 Å². The van der Waals surface area contributed by atoms with Gasteiger partial charge in [-0.1, -0.05) is 90.9 Å². The van der Waals surface area contributed by atoms with Gasteiger partial charge in [0.1, 0.15) is 0 Å². The van der Waals surface area contributed by atoms with Gasteiger partial charge < -0.3 is 0 Å². The van der Waals surface area contributed by atoms with Crippen molar-refractivity contribution >= 4 is 0 Å². The fourth-order valence-electron chi connectivity index (χ4n) is 2.78. The largest absolute Gasteiger partial charge is 0.0613 e. The van der Waals surface area contributed by atoms with Gasteiger partial charge in [-0.25, -0.2) is 0 Å². The smallest absolute Gasteiger partial charge is 0.0132 e. The molecule has 0 unspecified atom stereocenters. The van der Waals surface area contributed by atoms with Crippen molar-refractivity contribution in [1.82, 2.24) is 0 Å². The van der Waals surface area contributed by atoms with E-state index in [0.29, 0.717) is 0 Å².